The predicted octanol–water partition coefficient (Wildman–Crippen LogP) is 1.21. The van der Waals surface area contributed by atoms with E-state index in [4.69, 9.17) is 4.74 Å². The fourth-order valence-electron chi connectivity index (χ4n) is 1.94. The van der Waals surface area contributed by atoms with E-state index in [0.717, 1.165) is 32.1 Å². The van der Waals surface area contributed by atoms with Crippen LogP contribution in [-0.2, 0) is 11.3 Å². The van der Waals surface area contributed by atoms with Gasteiger partial charge in [0.15, 0.2) is 0 Å². The molecule has 2 nitrogen and oxygen atoms in total. The second kappa shape index (κ2) is 5.37. The Morgan fingerprint density at radius 2 is 2.25 bits per heavy atom. The SMILES string of the molecule is Fc1ccc(C[NH2+]C[C@@H]2CCCO2)c(F)c1. The van der Waals surface area contributed by atoms with Crippen LogP contribution in [0.1, 0.15) is 18.4 Å². The first-order chi connectivity index (χ1) is 7.75. The number of hydrogen-bond donors (Lipinski definition) is 1. The number of nitrogens with two attached hydrogens (primary N) is 1. The van der Waals surface area contributed by atoms with E-state index in [2.05, 4.69) is 0 Å². The topological polar surface area (TPSA) is 25.8 Å². The van der Waals surface area contributed by atoms with Gasteiger partial charge in [0.2, 0.25) is 0 Å². The summed E-state index contributed by atoms with van der Waals surface area (Å²) in [5.41, 5.74) is 0.541. The molecule has 88 valence electrons. The lowest BCUT2D eigenvalue weighted by Crippen LogP contribution is -2.84. The van der Waals surface area contributed by atoms with Crippen LogP contribution in [-0.4, -0.2) is 19.3 Å². The lowest BCUT2D eigenvalue weighted by Gasteiger charge is -2.08. The normalized spacial score (nSPS) is 20.2. The fourth-order valence-corrected chi connectivity index (χ4v) is 1.94. The summed E-state index contributed by atoms with van der Waals surface area (Å²) in [5.74, 6) is -0.996. The molecule has 1 saturated heterocycles. The number of rotatable bonds is 4. The van der Waals surface area contributed by atoms with Crippen LogP contribution in [0.5, 0.6) is 0 Å². The molecule has 1 fully saturated rings. The van der Waals surface area contributed by atoms with Crippen molar-refractivity contribution in [3.63, 3.8) is 0 Å². The molecule has 1 atom stereocenters. The van der Waals surface area contributed by atoms with E-state index in [-0.39, 0.29) is 0 Å². The Balaban J connectivity index is 1.80. The first-order valence-corrected chi connectivity index (χ1v) is 5.63. The third-order valence-electron chi connectivity index (χ3n) is 2.83. The maximum Gasteiger partial charge on any atom is 0.134 e. The standard InChI is InChI=1S/C12H15F2NO/c13-10-4-3-9(12(14)6-10)7-15-8-11-2-1-5-16-11/h3-4,6,11,15H,1-2,5,7-8H2/p+1/t11-/m0/s1. The molecule has 1 aliphatic rings. The van der Waals surface area contributed by atoms with Gasteiger partial charge in [0.25, 0.3) is 0 Å². The van der Waals surface area contributed by atoms with Gasteiger partial charge in [-0.3, -0.25) is 0 Å². The Bertz CT molecular complexity index is 351. The van der Waals surface area contributed by atoms with Crippen molar-refractivity contribution in [3.8, 4) is 0 Å². The highest BCUT2D eigenvalue weighted by atomic mass is 19.1. The summed E-state index contributed by atoms with van der Waals surface area (Å²) in [4.78, 5) is 0. The van der Waals surface area contributed by atoms with Gasteiger partial charge in [0.1, 0.15) is 30.8 Å². The highest BCUT2D eigenvalue weighted by Crippen LogP contribution is 2.10. The van der Waals surface area contributed by atoms with E-state index in [1.165, 1.54) is 12.1 Å². The Morgan fingerprint density at radius 3 is 2.94 bits per heavy atom. The molecule has 0 unspecified atom stereocenters. The van der Waals surface area contributed by atoms with Crippen molar-refractivity contribution in [3.05, 3.63) is 35.4 Å². The van der Waals surface area contributed by atoms with Gasteiger partial charge in [0, 0.05) is 18.2 Å². The zero-order valence-corrected chi connectivity index (χ0v) is 9.09. The smallest absolute Gasteiger partial charge is 0.134 e. The first-order valence-electron chi connectivity index (χ1n) is 5.63. The first kappa shape index (κ1) is 11.5. The van der Waals surface area contributed by atoms with Gasteiger partial charge in [-0.25, -0.2) is 8.78 Å². The third kappa shape index (κ3) is 3.00. The van der Waals surface area contributed by atoms with Gasteiger partial charge in [-0.15, -0.1) is 0 Å². The zero-order valence-electron chi connectivity index (χ0n) is 9.09. The van der Waals surface area contributed by atoms with Gasteiger partial charge >= 0.3 is 0 Å². The maximum absolute atomic E-state index is 13.3. The van der Waals surface area contributed by atoms with Crippen molar-refractivity contribution < 1.29 is 18.8 Å². The Kier molecular flexibility index (Phi) is 3.85. The van der Waals surface area contributed by atoms with Gasteiger partial charge in [-0.05, 0) is 25.0 Å². The third-order valence-corrected chi connectivity index (χ3v) is 2.83. The van der Waals surface area contributed by atoms with Gasteiger partial charge in [0.05, 0.1) is 0 Å². The largest absolute Gasteiger partial charge is 0.372 e. The lowest BCUT2D eigenvalue weighted by molar-refractivity contribution is -0.676. The second-order valence-corrected chi connectivity index (χ2v) is 4.10. The summed E-state index contributed by atoms with van der Waals surface area (Å²) in [6, 6.07) is 3.71. The monoisotopic (exact) mass is 228 g/mol. The fraction of sp³-hybridized carbons (Fsp3) is 0.500. The summed E-state index contributed by atoms with van der Waals surface area (Å²) in [5, 5.41) is 2.01. The van der Waals surface area contributed by atoms with Crippen molar-refractivity contribution in [2.24, 2.45) is 0 Å². The van der Waals surface area contributed by atoms with Crippen molar-refractivity contribution in [2.45, 2.75) is 25.5 Å². The Morgan fingerprint density at radius 1 is 1.38 bits per heavy atom. The van der Waals surface area contributed by atoms with Gasteiger partial charge in [-0.1, -0.05) is 0 Å². The minimum Gasteiger partial charge on any atom is -0.372 e. The van der Waals surface area contributed by atoms with Crippen molar-refractivity contribution >= 4 is 0 Å². The average molecular weight is 228 g/mol. The Labute approximate surface area is 93.6 Å². The summed E-state index contributed by atoms with van der Waals surface area (Å²) in [6.07, 6.45) is 2.50. The number of benzene rings is 1. The number of halogens is 2. The molecule has 0 radical (unpaired) electrons. The molecule has 1 heterocycles. The molecular formula is C12H16F2NO+. The maximum atomic E-state index is 13.3. The molecule has 1 aliphatic heterocycles. The number of quaternary nitrogens is 1. The molecule has 0 bridgehead atoms. The van der Waals surface area contributed by atoms with Crippen molar-refractivity contribution in [1.82, 2.24) is 0 Å². The van der Waals surface area contributed by atoms with Gasteiger partial charge in [-0.2, -0.15) is 0 Å². The molecule has 1 aromatic rings. The molecule has 0 amide bonds. The molecule has 2 N–H and O–H groups in total. The van der Waals surface area contributed by atoms with Crippen LogP contribution in [0.2, 0.25) is 0 Å². The molecule has 0 spiro atoms. The van der Waals surface area contributed by atoms with E-state index < -0.39 is 11.6 Å². The minimum atomic E-state index is -0.527. The molecule has 1 aromatic carbocycles. The van der Waals surface area contributed by atoms with Crippen LogP contribution in [0.3, 0.4) is 0 Å². The van der Waals surface area contributed by atoms with Crippen LogP contribution in [0.25, 0.3) is 0 Å². The summed E-state index contributed by atoms with van der Waals surface area (Å²) >= 11 is 0. The highest BCUT2D eigenvalue weighted by Gasteiger charge is 2.17. The molecule has 4 heteroatoms. The number of ether oxygens (including phenoxy) is 1. The predicted molar refractivity (Wildman–Crippen MR) is 55.8 cm³/mol. The highest BCUT2D eigenvalue weighted by molar-refractivity contribution is 5.17. The summed E-state index contributed by atoms with van der Waals surface area (Å²) in [7, 11) is 0. The van der Waals surface area contributed by atoms with Crippen LogP contribution < -0.4 is 5.32 Å². The molecule has 16 heavy (non-hydrogen) atoms. The second-order valence-electron chi connectivity index (χ2n) is 4.10. The molecule has 2 rings (SSSR count). The summed E-state index contributed by atoms with van der Waals surface area (Å²) in [6.45, 7) is 2.21. The minimum absolute atomic E-state index is 0.295. The summed E-state index contributed by atoms with van der Waals surface area (Å²) < 4.78 is 31.4. The molecule has 0 saturated carbocycles. The van der Waals surface area contributed by atoms with E-state index in [1.54, 1.807) is 0 Å². The quantitative estimate of drug-likeness (QED) is 0.823. The average Bonchev–Trinajstić information content (AvgIpc) is 2.74. The van der Waals surface area contributed by atoms with E-state index in [0.29, 0.717) is 18.2 Å². The van der Waals surface area contributed by atoms with Gasteiger partial charge < -0.3 is 10.1 Å². The Hall–Kier alpha value is -1.00. The molecule has 0 aliphatic carbocycles. The van der Waals surface area contributed by atoms with E-state index >= 15 is 0 Å². The number of hydrogen-bond acceptors (Lipinski definition) is 1. The zero-order chi connectivity index (χ0) is 11.4. The van der Waals surface area contributed by atoms with Crippen molar-refractivity contribution in [2.75, 3.05) is 13.2 Å². The molecular weight excluding hydrogens is 212 g/mol. The van der Waals surface area contributed by atoms with Crippen molar-refractivity contribution in [1.29, 1.82) is 0 Å². The van der Waals surface area contributed by atoms with Crippen LogP contribution >= 0.6 is 0 Å². The van der Waals surface area contributed by atoms with E-state index in [1.807, 2.05) is 5.32 Å². The lowest BCUT2D eigenvalue weighted by atomic mass is 10.2. The molecule has 0 aromatic heterocycles. The van der Waals surface area contributed by atoms with Crippen LogP contribution in [0.4, 0.5) is 8.78 Å². The van der Waals surface area contributed by atoms with Crippen LogP contribution in [0, 0.1) is 11.6 Å². The van der Waals surface area contributed by atoms with Crippen LogP contribution in [0.15, 0.2) is 18.2 Å². The van der Waals surface area contributed by atoms with E-state index in [9.17, 15) is 8.78 Å².